The summed E-state index contributed by atoms with van der Waals surface area (Å²) in [5.41, 5.74) is 0.876. The smallest absolute Gasteiger partial charge is 0.408 e. The first kappa shape index (κ1) is 16.0. The van der Waals surface area contributed by atoms with Crippen LogP contribution in [-0.2, 0) is 4.74 Å². The van der Waals surface area contributed by atoms with Crippen molar-refractivity contribution in [1.29, 1.82) is 5.26 Å². The van der Waals surface area contributed by atoms with Crippen LogP contribution in [0, 0.1) is 24.1 Å². The highest BCUT2D eigenvalue weighted by Crippen LogP contribution is 2.22. The van der Waals surface area contributed by atoms with Gasteiger partial charge in [0.2, 0.25) is 0 Å². The molecule has 0 aromatic heterocycles. The monoisotopic (exact) mass is 278 g/mol. The Kier molecular flexibility index (Phi) is 4.72. The molecule has 1 amide bonds. The second-order valence-corrected chi connectivity index (χ2v) is 5.65. The molecule has 1 N–H and O–H groups in total. The number of nitriles is 1. The predicted molar refractivity (Wildman–Crippen MR) is 73.6 cm³/mol. The Morgan fingerprint density at radius 2 is 2.05 bits per heavy atom. The summed E-state index contributed by atoms with van der Waals surface area (Å²) < 4.78 is 18.6. The molecule has 0 heterocycles. The van der Waals surface area contributed by atoms with E-state index in [2.05, 4.69) is 5.32 Å². The summed E-state index contributed by atoms with van der Waals surface area (Å²) in [5, 5.41) is 11.6. The van der Waals surface area contributed by atoms with E-state index in [1.54, 1.807) is 34.6 Å². The fourth-order valence-electron chi connectivity index (χ4n) is 1.83. The van der Waals surface area contributed by atoms with Gasteiger partial charge < -0.3 is 10.1 Å². The Balaban J connectivity index is 2.94. The van der Waals surface area contributed by atoms with Gasteiger partial charge in [0.25, 0.3) is 0 Å². The first-order valence-electron chi connectivity index (χ1n) is 6.33. The minimum absolute atomic E-state index is 0.262. The lowest BCUT2D eigenvalue weighted by atomic mass is 9.98. The molecular formula is C15H19FN2O2. The van der Waals surface area contributed by atoms with E-state index >= 15 is 0 Å². The van der Waals surface area contributed by atoms with E-state index in [9.17, 15) is 9.18 Å². The van der Waals surface area contributed by atoms with Crippen molar-refractivity contribution >= 4 is 6.09 Å². The average molecular weight is 278 g/mol. The lowest BCUT2D eigenvalue weighted by molar-refractivity contribution is 0.0507. The van der Waals surface area contributed by atoms with Crippen LogP contribution in [-0.4, -0.2) is 11.7 Å². The Hall–Kier alpha value is -2.09. The molecule has 0 spiro atoms. The minimum Gasteiger partial charge on any atom is -0.444 e. The maximum Gasteiger partial charge on any atom is 0.408 e. The van der Waals surface area contributed by atoms with Crippen LogP contribution >= 0.6 is 0 Å². The van der Waals surface area contributed by atoms with E-state index < -0.39 is 23.6 Å². The normalized spacial score (nSPS) is 12.4. The SMILES string of the molecule is Cc1c(C#N)cc(F)cc1[C@@H](C)NC(=O)OC(C)(C)C. The summed E-state index contributed by atoms with van der Waals surface area (Å²) in [7, 11) is 0. The molecule has 0 aliphatic heterocycles. The molecule has 0 saturated carbocycles. The molecule has 0 aliphatic rings. The quantitative estimate of drug-likeness (QED) is 0.899. The van der Waals surface area contributed by atoms with Gasteiger partial charge in [0.05, 0.1) is 17.7 Å². The van der Waals surface area contributed by atoms with Crippen molar-refractivity contribution < 1.29 is 13.9 Å². The van der Waals surface area contributed by atoms with Gasteiger partial charge in [-0.15, -0.1) is 0 Å². The molecule has 5 heteroatoms. The van der Waals surface area contributed by atoms with Gasteiger partial charge >= 0.3 is 6.09 Å². The van der Waals surface area contributed by atoms with Crippen molar-refractivity contribution in [3.63, 3.8) is 0 Å². The number of nitrogens with zero attached hydrogens (tertiary/aromatic N) is 1. The first-order valence-corrected chi connectivity index (χ1v) is 6.33. The average Bonchev–Trinajstić information content (AvgIpc) is 2.28. The molecule has 20 heavy (non-hydrogen) atoms. The van der Waals surface area contributed by atoms with Crippen LogP contribution in [0.2, 0.25) is 0 Å². The summed E-state index contributed by atoms with van der Waals surface area (Å²) in [5.74, 6) is -0.500. The number of halogens is 1. The van der Waals surface area contributed by atoms with Crippen molar-refractivity contribution in [2.75, 3.05) is 0 Å². The lowest BCUT2D eigenvalue weighted by Crippen LogP contribution is -2.34. The van der Waals surface area contributed by atoms with Crippen LogP contribution in [0.3, 0.4) is 0 Å². The second-order valence-electron chi connectivity index (χ2n) is 5.65. The van der Waals surface area contributed by atoms with E-state index in [1.165, 1.54) is 12.1 Å². The topological polar surface area (TPSA) is 62.1 Å². The lowest BCUT2D eigenvalue weighted by Gasteiger charge is -2.23. The maximum atomic E-state index is 13.5. The van der Waals surface area contributed by atoms with E-state index in [0.29, 0.717) is 11.1 Å². The standard InChI is InChI=1S/C15H19FN2O2/c1-9-11(8-17)6-12(16)7-13(9)10(2)18-14(19)20-15(3,4)5/h6-7,10H,1-5H3,(H,18,19)/t10-/m1/s1. The third-order valence-corrected chi connectivity index (χ3v) is 2.73. The summed E-state index contributed by atoms with van der Waals surface area (Å²) >= 11 is 0. The number of benzene rings is 1. The molecule has 0 radical (unpaired) electrons. The molecule has 1 atom stereocenters. The van der Waals surface area contributed by atoms with Gasteiger partial charge in [-0.1, -0.05) is 0 Å². The Morgan fingerprint density at radius 1 is 1.45 bits per heavy atom. The van der Waals surface area contributed by atoms with Crippen molar-refractivity contribution in [3.8, 4) is 6.07 Å². The van der Waals surface area contributed by atoms with Crippen LogP contribution in [0.25, 0.3) is 0 Å². The molecule has 0 unspecified atom stereocenters. The van der Waals surface area contributed by atoms with E-state index in [-0.39, 0.29) is 5.56 Å². The van der Waals surface area contributed by atoms with Crippen molar-refractivity contribution in [1.82, 2.24) is 5.32 Å². The number of amides is 1. The number of alkyl carbamates (subject to hydrolysis) is 1. The van der Waals surface area contributed by atoms with E-state index in [4.69, 9.17) is 10.00 Å². The molecular weight excluding hydrogens is 259 g/mol. The summed E-state index contributed by atoms with van der Waals surface area (Å²) in [6.07, 6.45) is -0.577. The van der Waals surface area contributed by atoms with Crippen molar-refractivity contribution in [2.45, 2.75) is 46.3 Å². The highest BCUT2D eigenvalue weighted by Gasteiger charge is 2.20. The number of nitrogens with one attached hydrogen (secondary N) is 1. The third kappa shape index (κ3) is 4.23. The van der Waals surface area contributed by atoms with Gasteiger partial charge in [0.1, 0.15) is 11.4 Å². The molecule has 0 saturated heterocycles. The van der Waals surface area contributed by atoms with Gasteiger partial charge in [-0.3, -0.25) is 0 Å². The zero-order valence-electron chi connectivity index (χ0n) is 12.4. The minimum atomic E-state index is -0.599. The Morgan fingerprint density at radius 3 is 2.55 bits per heavy atom. The van der Waals surface area contributed by atoms with E-state index in [0.717, 1.165) is 0 Å². The molecule has 108 valence electrons. The fraction of sp³-hybridized carbons (Fsp3) is 0.467. The largest absolute Gasteiger partial charge is 0.444 e. The molecule has 1 aromatic rings. The highest BCUT2D eigenvalue weighted by atomic mass is 19.1. The van der Waals surface area contributed by atoms with Gasteiger partial charge in [0.15, 0.2) is 0 Å². The van der Waals surface area contributed by atoms with Gasteiger partial charge in [-0.25, -0.2) is 9.18 Å². The zero-order valence-corrected chi connectivity index (χ0v) is 12.4. The second kappa shape index (κ2) is 5.91. The molecule has 4 nitrogen and oxygen atoms in total. The molecule has 1 aromatic carbocycles. The third-order valence-electron chi connectivity index (χ3n) is 2.73. The molecule has 0 bridgehead atoms. The number of rotatable bonds is 2. The molecule has 1 rings (SSSR count). The summed E-state index contributed by atoms with van der Waals surface area (Å²) in [6.45, 7) is 8.73. The maximum absolute atomic E-state index is 13.5. The van der Waals surface area contributed by atoms with Crippen molar-refractivity contribution in [2.24, 2.45) is 0 Å². The number of hydrogen-bond donors (Lipinski definition) is 1. The Labute approximate surface area is 118 Å². The Bertz CT molecular complexity index is 556. The van der Waals surface area contributed by atoms with Crippen LogP contribution in [0.1, 0.15) is 50.4 Å². The highest BCUT2D eigenvalue weighted by molar-refractivity contribution is 5.68. The predicted octanol–water partition coefficient (Wildman–Crippen LogP) is 3.59. The number of ether oxygens (including phenoxy) is 1. The molecule has 0 fully saturated rings. The first-order chi connectivity index (χ1) is 9.14. The molecule has 0 aliphatic carbocycles. The van der Waals surface area contributed by atoms with Crippen LogP contribution in [0.5, 0.6) is 0 Å². The van der Waals surface area contributed by atoms with E-state index in [1.807, 2.05) is 6.07 Å². The van der Waals surface area contributed by atoms with Gasteiger partial charge in [0, 0.05) is 0 Å². The van der Waals surface area contributed by atoms with Crippen LogP contribution < -0.4 is 5.32 Å². The number of hydrogen-bond acceptors (Lipinski definition) is 3. The number of carbonyl (C=O) groups is 1. The summed E-state index contributed by atoms with van der Waals surface area (Å²) in [4.78, 5) is 11.7. The number of carbonyl (C=O) groups excluding carboxylic acids is 1. The van der Waals surface area contributed by atoms with Crippen molar-refractivity contribution in [3.05, 3.63) is 34.6 Å². The summed E-state index contributed by atoms with van der Waals surface area (Å²) in [6, 6.07) is 3.98. The van der Waals surface area contributed by atoms with Crippen LogP contribution in [0.4, 0.5) is 9.18 Å². The zero-order chi connectivity index (χ0) is 15.5. The van der Waals surface area contributed by atoms with Crippen LogP contribution in [0.15, 0.2) is 12.1 Å². The van der Waals surface area contributed by atoms with Gasteiger partial charge in [-0.05, 0) is 57.9 Å². The van der Waals surface area contributed by atoms with Gasteiger partial charge in [-0.2, -0.15) is 5.26 Å². The fourth-order valence-corrected chi connectivity index (χ4v) is 1.83.